The van der Waals surface area contributed by atoms with Gasteiger partial charge < -0.3 is 9.64 Å². The van der Waals surface area contributed by atoms with E-state index >= 15 is 0 Å². The van der Waals surface area contributed by atoms with E-state index in [1.54, 1.807) is 19.1 Å². The van der Waals surface area contributed by atoms with Crippen LogP contribution in [-0.4, -0.2) is 45.9 Å². The van der Waals surface area contributed by atoms with E-state index in [4.69, 9.17) is 4.74 Å². The van der Waals surface area contributed by atoms with Crippen molar-refractivity contribution in [2.24, 2.45) is 0 Å². The topological polar surface area (TPSA) is 49.9 Å². The third-order valence-electron chi connectivity index (χ3n) is 2.91. The predicted octanol–water partition coefficient (Wildman–Crippen LogP) is 1.23. The second-order valence-corrected chi connectivity index (χ2v) is 5.67. The molecule has 1 aromatic rings. The monoisotopic (exact) mass is 268 g/mol. The van der Waals surface area contributed by atoms with E-state index in [9.17, 15) is 9.00 Å². The predicted molar refractivity (Wildman–Crippen MR) is 69.6 cm³/mol. The number of nitrogens with zero attached hydrogens (tertiary/aromatic N) is 2. The zero-order chi connectivity index (χ0) is 13.1. The van der Waals surface area contributed by atoms with Crippen LogP contribution in [0.3, 0.4) is 0 Å². The Labute approximate surface area is 109 Å². The molecule has 1 unspecified atom stereocenters. The SMILES string of the molecule is COc1ccc(CN2CCS(=O)N(C)C2=O)cc1. The molecule has 98 valence electrons. The van der Waals surface area contributed by atoms with Crippen molar-refractivity contribution in [3.05, 3.63) is 29.8 Å². The van der Waals surface area contributed by atoms with Gasteiger partial charge in [-0.1, -0.05) is 12.1 Å². The molecule has 2 rings (SSSR count). The molecule has 1 aliphatic heterocycles. The molecule has 0 saturated carbocycles. The summed E-state index contributed by atoms with van der Waals surface area (Å²) in [5, 5.41) is 0. The second kappa shape index (κ2) is 5.39. The van der Waals surface area contributed by atoms with Gasteiger partial charge in [0, 0.05) is 20.1 Å². The zero-order valence-electron chi connectivity index (χ0n) is 10.5. The Morgan fingerprint density at radius 1 is 1.33 bits per heavy atom. The van der Waals surface area contributed by atoms with Gasteiger partial charge in [-0.15, -0.1) is 0 Å². The van der Waals surface area contributed by atoms with Gasteiger partial charge in [-0.3, -0.25) is 0 Å². The van der Waals surface area contributed by atoms with Crippen molar-refractivity contribution in [2.45, 2.75) is 6.54 Å². The molecule has 0 bridgehead atoms. The van der Waals surface area contributed by atoms with Gasteiger partial charge in [0.15, 0.2) is 0 Å². The van der Waals surface area contributed by atoms with Crippen molar-refractivity contribution in [3.63, 3.8) is 0 Å². The Hall–Kier alpha value is -1.56. The van der Waals surface area contributed by atoms with Gasteiger partial charge in [0.1, 0.15) is 16.7 Å². The molecule has 0 aliphatic carbocycles. The Bertz CT molecular complexity index is 461. The Balaban J connectivity index is 2.04. The van der Waals surface area contributed by atoms with Crippen molar-refractivity contribution in [2.75, 3.05) is 26.5 Å². The molecule has 1 atom stereocenters. The number of hydrogen-bond acceptors (Lipinski definition) is 3. The average Bonchev–Trinajstić information content (AvgIpc) is 2.40. The van der Waals surface area contributed by atoms with Crippen molar-refractivity contribution < 1.29 is 13.7 Å². The zero-order valence-corrected chi connectivity index (χ0v) is 11.3. The smallest absolute Gasteiger partial charge is 0.331 e. The van der Waals surface area contributed by atoms with Crippen LogP contribution in [0.25, 0.3) is 0 Å². The summed E-state index contributed by atoms with van der Waals surface area (Å²) >= 11 is 0. The Kier molecular flexibility index (Phi) is 3.86. The van der Waals surface area contributed by atoms with E-state index in [-0.39, 0.29) is 6.03 Å². The summed E-state index contributed by atoms with van der Waals surface area (Å²) in [6.45, 7) is 1.06. The molecular weight excluding hydrogens is 252 g/mol. The minimum Gasteiger partial charge on any atom is -0.497 e. The largest absolute Gasteiger partial charge is 0.497 e. The van der Waals surface area contributed by atoms with Gasteiger partial charge in [-0.2, -0.15) is 0 Å². The molecular formula is C12H16N2O3S. The summed E-state index contributed by atoms with van der Waals surface area (Å²) in [7, 11) is 2.01. The van der Waals surface area contributed by atoms with Gasteiger partial charge >= 0.3 is 6.03 Å². The normalized spacial score (nSPS) is 20.1. The number of carbonyl (C=O) groups excluding carboxylic acids is 1. The van der Waals surface area contributed by atoms with Crippen LogP contribution >= 0.6 is 0 Å². The van der Waals surface area contributed by atoms with E-state index in [0.29, 0.717) is 18.8 Å². The summed E-state index contributed by atoms with van der Waals surface area (Å²) in [4.78, 5) is 13.6. The molecule has 1 aromatic carbocycles. The highest BCUT2D eigenvalue weighted by atomic mass is 32.2. The van der Waals surface area contributed by atoms with Gasteiger partial charge in [-0.05, 0) is 17.7 Å². The fourth-order valence-electron chi connectivity index (χ4n) is 1.81. The molecule has 18 heavy (non-hydrogen) atoms. The first-order chi connectivity index (χ1) is 8.61. The van der Waals surface area contributed by atoms with Crippen molar-refractivity contribution in [1.29, 1.82) is 0 Å². The molecule has 1 saturated heterocycles. The molecule has 1 fully saturated rings. The van der Waals surface area contributed by atoms with Crippen LogP contribution in [0.15, 0.2) is 24.3 Å². The second-order valence-electron chi connectivity index (χ2n) is 4.08. The molecule has 2 amide bonds. The number of benzene rings is 1. The number of rotatable bonds is 3. The third-order valence-corrected chi connectivity index (χ3v) is 4.21. The molecule has 6 heteroatoms. The van der Waals surface area contributed by atoms with Gasteiger partial charge in [-0.25, -0.2) is 13.3 Å². The van der Waals surface area contributed by atoms with Crippen LogP contribution in [0.2, 0.25) is 0 Å². The quantitative estimate of drug-likeness (QED) is 0.828. The number of ether oxygens (including phenoxy) is 1. The van der Waals surface area contributed by atoms with Gasteiger partial charge in [0.25, 0.3) is 0 Å². The maximum absolute atomic E-state index is 11.9. The van der Waals surface area contributed by atoms with E-state index in [1.165, 1.54) is 4.31 Å². The van der Waals surface area contributed by atoms with Gasteiger partial charge in [0.05, 0.1) is 12.9 Å². The molecule has 5 nitrogen and oxygen atoms in total. The number of methoxy groups -OCH3 is 1. The number of urea groups is 1. The number of amides is 2. The lowest BCUT2D eigenvalue weighted by Crippen LogP contribution is -2.49. The molecule has 1 aliphatic rings. The third kappa shape index (κ3) is 2.64. The summed E-state index contributed by atoms with van der Waals surface area (Å²) in [5.74, 6) is 1.29. The highest BCUT2D eigenvalue weighted by Crippen LogP contribution is 2.15. The van der Waals surface area contributed by atoms with Crippen LogP contribution in [0.1, 0.15) is 5.56 Å². The van der Waals surface area contributed by atoms with Crippen LogP contribution in [0, 0.1) is 0 Å². The molecule has 0 spiro atoms. The van der Waals surface area contributed by atoms with Crippen LogP contribution in [0.4, 0.5) is 4.79 Å². The highest BCUT2D eigenvalue weighted by molar-refractivity contribution is 7.83. The summed E-state index contributed by atoms with van der Waals surface area (Å²) < 4.78 is 17.8. The van der Waals surface area contributed by atoms with Crippen molar-refractivity contribution in [1.82, 2.24) is 9.21 Å². The fourth-order valence-corrected chi connectivity index (χ4v) is 2.75. The van der Waals surface area contributed by atoms with E-state index in [2.05, 4.69) is 0 Å². The molecule has 0 N–H and O–H groups in total. The Morgan fingerprint density at radius 2 is 2.00 bits per heavy atom. The summed E-state index contributed by atoms with van der Waals surface area (Å²) in [5.41, 5.74) is 1.03. The summed E-state index contributed by atoms with van der Waals surface area (Å²) in [6.07, 6.45) is 0. The first-order valence-electron chi connectivity index (χ1n) is 5.66. The van der Waals surface area contributed by atoms with Gasteiger partial charge in [0.2, 0.25) is 0 Å². The maximum Gasteiger partial charge on any atom is 0.331 e. The first kappa shape index (κ1) is 12.9. The van der Waals surface area contributed by atoms with Crippen LogP contribution in [0.5, 0.6) is 5.75 Å². The fraction of sp³-hybridized carbons (Fsp3) is 0.417. The first-order valence-corrected chi connectivity index (χ1v) is 6.93. The lowest BCUT2D eigenvalue weighted by atomic mass is 10.2. The standard InChI is InChI=1S/C12H16N2O3S/c1-13-12(15)14(7-8-18(13)16)9-10-3-5-11(17-2)6-4-10/h3-6H,7-9H2,1-2H3. The highest BCUT2D eigenvalue weighted by Gasteiger charge is 2.27. The van der Waals surface area contributed by atoms with E-state index < -0.39 is 11.0 Å². The van der Waals surface area contributed by atoms with Crippen molar-refractivity contribution in [3.8, 4) is 5.75 Å². The minimum absolute atomic E-state index is 0.185. The summed E-state index contributed by atoms with van der Waals surface area (Å²) in [6, 6.07) is 7.41. The van der Waals surface area contributed by atoms with Crippen LogP contribution in [-0.2, 0) is 17.5 Å². The number of hydrogen-bond donors (Lipinski definition) is 0. The Morgan fingerprint density at radius 3 is 2.61 bits per heavy atom. The van der Waals surface area contributed by atoms with Crippen molar-refractivity contribution >= 4 is 17.0 Å². The lowest BCUT2D eigenvalue weighted by Gasteiger charge is -2.32. The van der Waals surface area contributed by atoms with Crippen LogP contribution < -0.4 is 4.74 Å². The maximum atomic E-state index is 11.9. The van der Waals surface area contributed by atoms with E-state index in [1.807, 2.05) is 24.3 Å². The lowest BCUT2D eigenvalue weighted by molar-refractivity contribution is 0.180. The molecule has 1 heterocycles. The molecule has 0 aromatic heterocycles. The minimum atomic E-state index is -1.18. The molecule has 0 radical (unpaired) electrons. The van der Waals surface area contributed by atoms with E-state index in [0.717, 1.165) is 11.3 Å². The average molecular weight is 268 g/mol. The number of carbonyl (C=O) groups is 1.